The van der Waals surface area contributed by atoms with Gasteiger partial charge >= 0.3 is 0 Å². The molecular formula is C18H26N4O4. The van der Waals surface area contributed by atoms with Crippen LogP contribution in [0.4, 0.5) is 0 Å². The maximum Gasteiger partial charge on any atom is 0.223 e. The Labute approximate surface area is 152 Å². The number of hydrogen-bond acceptors (Lipinski definition) is 6. The summed E-state index contributed by atoms with van der Waals surface area (Å²) >= 11 is 0. The molecule has 0 aromatic carbocycles. The number of nitrogens with zero attached hydrogens (tertiary/aromatic N) is 2. The monoisotopic (exact) mass is 362 g/mol. The van der Waals surface area contributed by atoms with Crippen LogP contribution in [0.1, 0.15) is 37.8 Å². The van der Waals surface area contributed by atoms with Crippen molar-refractivity contribution in [3.63, 3.8) is 0 Å². The number of carbonyl (C=O) groups is 2. The Bertz CT molecular complexity index is 606. The number of aryl methyl sites for hydroxylation is 1. The van der Waals surface area contributed by atoms with Crippen molar-refractivity contribution in [1.29, 1.82) is 0 Å². The summed E-state index contributed by atoms with van der Waals surface area (Å²) in [5, 5.41) is 16.1. The number of nitrogens with one attached hydrogen (secondary N) is 2. The van der Waals surface area contributed by atoms with Gasteiger partial charge in [-0.25, -0.2) is 0 Å². The fourth-order valence-corrected chi connectivity index (χ4v) is 3.53. The highest BCUT2D eigenvalue weighted by atomic mass is 16.5. The highest BCUT2D eigenvalue weighted by molar-refractivity contribution is 5.80. The highest BCUT2D eigenvalue weighted by Crippen LogP contribution is 2.27. The fourth-order valence-electron chi connectivity index (χ4n) is 3.53. The predicted molar refractivity (Wildman–Crippen MR) is 93.0 cm³/mol. The van der Waals surface area contributed by atoms with Gasteiger partial charge in [0, 0.05) is 50.2 Å². The summed E-state index contributed by atoms with van der Waals surface area (Å²) in [6, 6.07) is -0.233. The first-order chi connectivity index (χ1) is 12.6. The van der Waals surface area contributed by atoms with Gasteiger partial charge in [0.25, 0.3) is 0 Å². The molecule has 0 bridgehead atoms. The molecule has 3 rings (SSSR count). The summed E-state index contributed by atoms with van der Waals surface area (Å²) in [4.78, 5) is 32.6. The summed E-state index contributed by atoms with van der Waals surface area (Å²) < 4.78 is 5.29. The van der Waals surface area contributed by atoms with E-state index >= 15 is 0 Å². The van der Waals surface area contributed by atoms with E-state index in [4.69, 9.17) is 4.74 Å². The van der Waals surface area contributed by atoms with E-state index in [1.54, 1.807) is 18.6 Å². The van der Waals surface area contributed by atoms with Gasteiger partial charge in [-0.2, -0.15) is 0 Å². The lowest BCUT2D eigenvalue weighted by molar-refractivity contribution is -0.126. The molecule has 1 saturated carbocycles. The molecule has 8 heteroatoms. The molecule has 3 N–H and O–H groups in total. The quantitative estimate of drug-likeness (QED) is 0.654. The molecule has 1 aromatic heterocycles. The smallest absolute Gasteiger partial charge is 0.223 e. The molecule has 2 heterocycles. The maximum absolute atomic E-state index is 12.4. The van der Waals surface area contributed by atoms with Crippen molar-refractivity contribution in [2.45, 2.75) is 56.7 Å². The largest absolute Gasteiger partial charge is 0.391 e. The Kier molecular flexibility index (Phi) is 6.51. The molecule has 142 valence electrons. The molecule has 2 fully saturated rings. The minimum atomic E-state index is -0.694. The van der Waals surface area contributed by atoms with Crippen LogP contribution < -0.4 is 10.6 Å². The first kappa shape index (κ1) is 18.7. The lowest BCUT2D eigenvalue weighted by atomic mass is 10.0. The standard InChI is InChI=1S/C18H26N4O4/c23-16-10-12(18(25)21-13-3-7-26-8-4-13)9-15(16)22-17(24)2-1-14-11-19-5-6-20-14/h5-6,11-13,15-16,23H,1-4,7-10H2,(H,21,25)(H,22,24)/t12-,15+,16+/m0/s1. The molecule has 1 aromatic rings. The maximum atomic E-state index is 12.4. The van der Waals surface area contributed by atoms with E-state index in [-0.39, 0.29) is 36.2 Å². The third kappa shape index (κ3) is 5.22. The van der Waals surface area contributed by atoms with Gasteiger partial charge in [-0.1, -0.05) is 0 Å². The van der Waals surface area contributed by atoms with Gasteiger partial charge in [0.2, 0.25) is 11.8 Å². The Morgan fingerprint density at radius 1 is 1.19 bits per heavy atom. The average molecular weight is 362 g/mol. The van der Waals surface area contributed by atoms with Crippen LogP contribution in [0.5, 0.6) is 0 Å². The number of aliphatic hydroxyl groups excluding tert-OH is 1. The number of aliphatic hydroxyl groups is 1. The number of aromatic nitrogens is 2. The lowest BCUT2D eigenvalue weighted by Crippen LogP contribution is -2.42. The van der Waals surface area contributed by atoms with Crippen LogP contribution in [0, 0.1) is 5.92 Å². The molecule has 1 saturated heterocycles. The summed E-state index contributed by atoms with van der Waals surface area (Å²) in [5.41, 5.74) is 0.753. The van der Waals surface area contributed by atoms with Gasteiger partial charge in [0.15, 0.2) is 0 Å². The van der Waals surface area contributed by atoms with Crippen LogP contribution in [-0.2, 0) is 20.7 Å². The second kappa shape index (κ2) is 9.05. The van der Waals surface area contributed by atoms with Crippen molar-refractivity contribution in [2.24, 2.45) is 5.92 Å². The highest BCUT2D eigenvalue weighted by Gasteiger charge is 2.38. The molecule has 26 heavy (non-hydrogen) atoms. The predicted octanol–water partition coefficient (Wildman–Crippen LogP) is -0.0399. The third-order valence-corrected chi connectivity index (χ3v) is 5.04. The molecule has 1 aliphatic carbocycles. The minimum Gasteiger partial charge on any atom is -0.391 e. The van der Waals surface area contributed by atoms with E-state index in [2.05, 4.69) is 20.6 Å². The van der Waals surface area contributed by atoms with Gasteiger partial charge in [0.05, 0.1) is 17.8 Å². The second-order valence-electron chi connectivity index (χ2n) is 7.00. The van der Waals surface area contributed by atoms with E-state index in [1.165, 1.54) is 0 Å². The van der Waals surface area contributed by atoms with E-state index < -0.39 is 6.10 Å². The van der Waals surface area contributed by atoms with Crippen molar-refractivity contribution in [2.75, 3.05) is 13.2 Å². The Balaban J connectivity index is 1.42. The molecule has 0 radical (unpaired) electrons. The Morgan fingerprint density at radius 2 is 2.00 bits per heavy atom. The molecule has 0 unspecified atom stereocenters. The van der Waals surface area contributed by atoms with Crippen molar-refractivity contribution in [1.82, 2.24) is 20.6 Å². The van der Waals surface area contributed by atoms with Crippen LogP contribution in [0.3, 0.4) is 0 Å². The third-order valence-electron chi connectivity index (χ3n) is 5.04. The molecular weight excluding hydrogens is 336 g/mol. The minimum absolute atomic E-state index is 0.0349. The summed E-state index contributed by atoms with van der Waals surface area (Å²) in [6.07, 6.45) is 7.39. The zero-order valence-electron chi connectivity index (χ0n) is 14.8. The molecule has 2 amide bonds. The van der Waals surface area contributed by atoms with Gasteiger partial charge < -0.3 is 20.5 Å². The molecule has 1 aliphatic heterocycles. The van der Waals surface area contributed by atoms with Crippen molar-refractivity contribution >= 4 is 11.8 Å². The van der Waals surface area contributed by atoms with Crippen LogP contribution in [0.2, 0.25) is 0 Å². The number of amides is 2. The van der Waals surface area contributed by atoms with Gasteiger partial charge in [0.1, 0.15) is 0 Å². The van der Waals surface area contributed by atoms with Crippen molar-refractivity contribution in [3.05, 3.63) is 24.3 Å². The molecule has 8 nitrogen and oxygen atoms in total. The zero-order chi connectivity index (χ0) is 18.4. The van der Waals surface area contributed by atoms with E-state index in [0.29, 0.717) is 32.5 Å². The molecule has 0 spiro atoms. The van der Waals surface area contributed by atoms with E-state index in [1.807, 2.05) is 0 Å². The second-order valence-corrected chi connectivity index (χ2v) is 7.00. The van der Waals surface area contributed by atoms with Crippen LogP contribution >= 0.6 is 0 Å². The number of ether oxygens (including phenoxy) is 1. The normalized spacial score (nSPS) is 26.4. The van der Waals surface area contributed by atoms with Crippen LogP contribution in [-0.4, -0.2) is 58.3 Å². The van der Waals surface area contributed by atoms with Crippen molar-refractivity contribution in [3.8, 4) is 0 Å². The van der Waals surface area contributed by atoms with Gasteiger partial charge in [-0.05, 0) is 32.1 Å². The Morgan fingerprint density at radius 3 is 2.73 bits per heavy atom. The molecule has 3 atom stereocenters. The van der Waals surface area contributed by atoms with Crippen molar-refractivity contribution < 1.29 is 19.4 Å². The summed E-state index contributed by atoms with van der Waals surface area (Å²) in [5.74, 6) is -0.449. The zero-order valence-corrected chi connectivity index (χ0v) is 14.8. The average Bonchev–Trinajstić information content (AvgIpc) is 3.02. The van der Waals surface area contributed by atoms with Gasteiger partial charge in [-0.3, -0.25) is 19.6 Å². The van der Waals surface area contributed by atoms with Crippen LogP contribution in [0.25, 0.3) is 0 Å². The summed E-state index contributed by atoms with van der Waals surface area (Å²) in [6.45, 7) is 1.34. The number of rotatable bonds is 6. The van der Waals surface area contributed by atoms with E-state index in [9.17, 15) is 14.7 Å². The number of hydrogen-bond donors (Lipinski definition) is 3. The fraction of sp³-hybridized carbons (Fsp3) is 0.667. The SMILES string of the molecule is O=C(CCc1cnccn1)N[C@@H]1C[C@H](C(=O)NC2CCOCC2)C[C@H]1O. The first-order valence-electron chi connectivity index (χ1n) is 9.22. The van der Waals surface area contributed by atoms with Crippen LogP contribution in [0.15, 0.2) is 18.6 Å². The van der Waals surface area contributed by atoms with Gasteiger partial charge in [-0.15, -0.1) is 0 Å². The number of carbonyl (C=O) groups excluding carboxylic acids is 2. The lowest BCUT2D eigenvalue weighted by Gasteiger charge is -2.24. The summed E-state index contributed by atoms with van der Waals surface area (Å²) in [7, 11) is 0. The first-order valence-corrected chi connectivity index (χ1v) is 9.22. The topological polar surface area (TPSA) is 113 Å². The Hall–Kier alpha value is -2.06. The van der Waals surface area contributed by atoms with E-state index in [0.717, 1.165) is 18.5 Å². The molecule has 2 aliphatic rings.